The summed E-state index contributed by atoms with van der Waals surface area (Å²) in [5.41, 5.74) is 3.47. The molecule has 1 N–H and O–H groups in total. The van der Waals surface area contributed by atoms with Gasteiger partial charge in [0.25, 0.3) is 0 Å². The van der Waals surface area contributed by atoms with Crippen molar-refractivity contribution in [3.63, 3.8) is 0 Å². The van der Waals surface area contributed by atoms with Crippen molar-refractivity contribution in [2.75, 3.05) is 11.1 Å². The fraction of sp³-hybridized carbons (Fsp3) is 0.176. The van der Waals surface area contributed by atoms with E-state index in [2.05, 4.69) is 11.4 Å². The number of benzene rings is 2. The molecule has 2 rings (SSSR count). The van der Waals surface area contributed by atoms with Crippen molar-refractivity contribution in [1.29, 1.82) is 5.26 Å². The molecule has 0 atom stereocenters. The van der Waals surface area contributed by atoms with Gasteiger partial charge in [-0.05, 0) is 48.4 Å². The van der Waals surface area contributed by atoms with E-state index in [0.717, 1.165) is 22.6 Å². The monoisotopic (exact) mass is 330 g/mol. The molecule has 22 heavy (non-hydrogen) atoms. The normalized spacial score (nSPS) is 10.0. The number of nitrogens with one attached hydrogen (secondary N) is 1. The minimum absolute atomic E-state index is 0.0379. The van der Waals surface area contributed by atoms with Crippen molar-refractivity contribution in [3.8, 4) is 6.07 Å². The van der Waals surface area contributed by atoms with Crippen LogP contribution in [0.1, 0.15) is 16.7 Å². The van der Waals surface area contributed by atoms with Gasteiger partial charge < -0.3 is 5.32 Å². The summed E-state index contributed by atoms with van der Waals surface area (Å²) in [5, 5.41) is 12.3. The Balaban J connectivity index is 1.81. The SMILES string of the molecule is Cc1cc(Cl)ccc1NC(=O)CSCc1ccc(C#N)cc1. The molecule has 0 fully saturated rings. The van der Waals surface area contributed by atoms with Crippen molar-refractivity contribution < 1.29 is 4.79 Å². The van der Waals surface area contributed by atoms with Crippen LogP contribution in [-0.2, 0) is 10.5 Å². The predicted octanol–water partition coefficient (Wildman–Crippen LogP) is 4.39. The first-order chi connectivity index (χ1) is 10.6. The second kappa shape index (κ2) is 7.88. The van der Waals surface area contributed by atoms with Crippen molar-refractivity contribution in [1.82, 2.24) is 0 Å². The number of carbonyl (C=O) groups excluding carboxylic acids is 1. The van der Waals surface area contributed by atoms with Gasteiger partial charge in [0.1, 0.15) is 0 Å². The molecule has 0 spiro atoms. The van der Waals surface area contributed by atoms with Crippen molar-refractivity contribution >= 4 is 35.0 Å². The maximum absolute atomic E-state index is 11.9. The van der Waals surface area contributed by atoms with E-state index >= 15 is 0 Å². The molecule has 0 saturated heterocycles. The van der Waals surface area contributed by atoms with Crippen molar-refractivity contribution in [3.05, 3.63) is 64.2 Å². The van der Waals surface area contributed by atoms with Gasteiger partial charge in [0, 0.05) is 16.5 Å². The highest BCUT2D eigenvalue weighted by Gasteiger charge is 2.05. The van der Waals surface area contributed by atoms with E-state index in [0.29, 0.717) is 16.3 Å². The lowest BCUT2D eigenvalue weighted by Crippen LogP contribution is -2.14. The van der Waals surface area contributed by atoms with Crippen LogP contribution in [-0.4, -0.2) is 11.7 Å². The Morgan fingerprint density at radius 3 is 2.64 bits per heavy atom. The molecule has 112 valence electrons. The van der Waals surface area contributed by atoms with Crippen LogP contribution in [0.15, 0.2) is 42.5 Å². The first-order valence-corrected chi connectivity index (χ1v) is 8.24. The summed E-state index contributed by atoms with van der Waals surface area (Å²) in [6, 6.07) is 14.9. The molecule has 1 amide bonds. The maximum atomic E-state index is 11.9. The molecule has 0 aliphatic heterocycles. The zero-order valence-electron chi connectivity index (χ0n) is 12.1. The van der Waals surface area contributed by atoms with E-state index in [1.165, 1.54) is 11.8 Å². The summed E-state index contributed by atoms with van der Waals surface area (Å²) in [6.07, 6.45) is 0. The number of halogens is 1. The fourth-order valence-corrected chi connectivity index (χ4v) is 2.91. The number of hydrogen-bond acceptors (Lipinski definition) is 3. The van der Waals surface area contributed by atoms with Crippen molar-refractivity contribution in [2.45, 2.75) is 12.7 Å². The van der Waals surface area contributed by atoms with E-state index in [9.17, 15) is 4.79 Å². The third kappa shape index (κ3) is 4.80. The Labute approximate surface area is 139 Å². The Bertz CT molecular complexity index is 708. The second-order valence-electron chi connectivity index (χ2n) is 4.81. The molecule has 0 bridgehead atoms. The summed E-state index contributed by atoms with van der Waals surface area (Å²) >= 11 is 7.42. The van der Waals surface area contributed by atoms with Gasteiger partial charge in [-0.1, -0.05) is 23.7 Å². The molecule has 0 unspecified atom stereocenters. The number of anilines is 1. The van der Waals surface area contributed by atoms with Crippen LogP contribution in [0.3, 0.4) is 0 Å². The lowest BCUT2D eigenvalue weighted by molar-refractivity contribution is -0.113. The predicted molar refractivity (Wildman–Crippen MR) is 92.1 cm³/mol. The highest BCUT2D eigenvalue weighted by Crippen LogP contribution is 2.20. The Kier molecular flexibility index (Phi) is 5.88. The molecule has 0 heterocycles. The Hall–Kier alpha value is -1.96. The van der Waals surface area contributed by atoms with Crippen LogP contribution in [0, 0.1) is 18.3 Å². The molecule has 0 aliphatic carbocycles. The highest BCUT2D eigenvalue weighted by atomic mass is 35.5. The summed E-state index contributed by atoms with van der Waals surface area (Å²) in [7, 11) is 0. The third-order valence-electron chi connectivity index (χ3n) is 3.05. The molecular formula is C17H15ClN2OS. The first kappa shape index (κ1) is 16.4. The minimum Gasteiger partial charge on any atom is -0.325 e. The Morgan fingerprint density at radius 1 is 1.27 bits per heavy atom. The molecule has 0 saturated carbocycles. The molecule has 3 nitrogen and oxygen atoms in total. The van der Waals surface area contributed by atoms with Crippen molar-refractivity contribution in [2.24, 2.45) is 0 Å². The largest absolute Gasteiger partial charge is 0.325 e. The van der Waals surface area contributed by atoms with Gasteiger partial charge in [0.15, 0.2) is 0 Å². The second-order valence-corrected chi connectivity index (χ2v) is 6.23. The number of nitriles is 1. The summed E-state index contributed by atoms with van der Waals surface area (Å²) < 4.78 is 0. The van der Waals surface area contributed by atoms with E-state index in [4.69, 9.17) is 16.9 Å². The van der Waals surface area contributed by atoms with E-state index in [1.54, 1.807) is 24.3 Å². The number of aryl methyl sites for hydroxylation is 1. The van der Waals surface area contributed by atoms with Gasteiger partial charge in [-0.25, -0.2) is 0 Å². The van der Waals surface area contributed by atoms with Crippen LogP contribution in [0.25, 0.3) is 0 Å². The van der Waals surface area contributed by atoms with Crippen LogP contribution >= 0.6 is 23.4 Å². The smallest absolute Gasteiger partial charge is 0.234 e. The summed E-state index contributed by atoms with van der Waals surface area (Å²) in [4.78, 5) is 11.9. The number of amides is 1. The number of carbonyl (C=O) groups is 1. The molecule has 0 aliphatic rings. The third-order valence-corrected chi connectivity index (χ3v) is 4.29. The molecule has 2 aromatic rings. The van der Waals surface area contributed by atoms with Crippen LogP contribution in [0.4, 0.5) is 5.69 Å². The van der Waals surface area contributed by atoms with E-state index in [-0.39, 0.29) is 5.91 Å². The number of hydrogen-bond donors (Lipinski definition) is 1. The van der Waals surface area contributed by atoms with Gasteiger partial charge in [-0.15, -0.1) is 11.8 Å². The number of nitrogens with zero attached hydrogens (tertiary/aromatic N) is 1. The summed E-state index contributed by atoms with van der Waals surface area (Å²) in [6.45, 7) is 1.91. The van der Waals surface area contributed by atoms with Gasteiger partial charge in [0.2, 0.25) is 5.91 Å². The lowest BCUT2D eigenvalue weighted by atomic mass is 10.2. The van der Waals surface area contributed by atoms with Crippen LogP contribution < -0.4 is 5.32 Å². The van der Waals surface area contributed by atoms with Gasteiger partial charge in [-0.3, -0.25) is 4.79 Å². The van der Waals surface area contributed by atoms with E-state index < -0.39 is 0 Å². The summed E-state index contributed by atoms with van der Waals surface area (Å²) in [5.74, 6) is 1.07. The average molecular weight is 331 g/mol. The quantitative estimate of drug-likeness (QED) is 0.884. The van der Waals surface area contributed by atoms with Crippen LogP contribution in [0.5, 0.6) is 0 Å². The standard InChI is InChI=1S/C17H15ClN2OS/c1-12-8-15(18)6-7-16(12)20-17(21)11-22-10-14-4-2-13(9-19)3-5-14/h2-8H,10-11H2,1H3,(H,20,21). The lowest BCUT2D eigenvalue weighted by Gasteiger charge is -2.08. The molecule has 0 radical (unpaired) electrons. The van der Waals surface area contributed by atoms with E-state index in [1.807, 2.05) is 25.1 Å². The highest BCUT2D eigenvalue weighted by molar-refractivity contribution is 7.99. The topological polar surface area (TPSA) is 52.9 Å². The fourth-order valence-electron chi connectivity index (χ4n) is 1.89. The molecular weight excluding hydrogens is 316 g/mol. The maximum Gasteiger partial charge on any atom is 0.234 e. The number of rotatable bonds is 5. The molecule has 0 aromatic heterocycles. The molecule has 2 aromatic carbocycles. The zero-order valence-corrected chi connectivity index (χ0v) is 13.7. The average Bonchev–Trinajstić information content (AvgIpc) is 2.51. The van der Waals surface area contributed by atoms with Gasteiger partial charge in [0.05, 0.1) is 17.4 Å². The zero-order chi connectivity index (χ0) is 15.9. The molecule has 5 heteroatoms. The number of thioether (sulfide) groups is 1. The Morgan fingerprint density at radius 2 is 2.00 bits per heavy atom. The van der Waals surface area contributed by atoms with Crippen LogP contribution in [0.2, 0.25) is 5.02 Å². The minimum atomic E-state index is -0.0379. The first-order valence-electron chi connectivity index (χ1n) is 6.71. The van der Waals surface area contributed by atoms with Gasteiger partial charge >= 0.3 is 0 Å². The van der Waals surface area contributed by atoms with Gasteiger partial charge in [-0.2, -0.15) is 5.26 Å².